The number of hydrogen-bond donors (Lipinski definition) is 1. The molecule has 4 rings (SSSR count). The minimum atomic E-state index is -3.75. The Morgan fingerprint density at radius 1 is 0.938 bits per heavy atom. The van der Waals surface area contributed by atoms with Crippen LogP contribution in [0.2, 0.25) is 0 Å². The van der Waals surface area contributed by atoms with Crippen molar-refractivity contribution >= 4 is 38.2 Å². The van der Waals surface area contributed by atoms with Gasteiger partial charge in [-0.15, -0.1) is 0 Å². The Labute approximate surface area is 189 Å². The first-order valence-corrected chi connectivity index (χ1v) is 12.2. The predicted molar refractivity (Wildman–Crippen MR) is 129 cm³/mol. The fraction of sp³-hybridized carbons (Fsp3) is 0.375. The third kappa shape index (κ3) is 4.38. The highest BCUT2D eigenvalue weighted by Crippen LogP contribution is 2.28. The Hall–Kier alpha value is -2.84. The molecule has 1 aromatic heterocycles. The summed E-state index contributed by atoms with van der Waals surface area (Å²) in [5, 5.41) is 3.54. The molecule has 0 unspecified atom stereocenters. The largest absolute Gasteiger partial charge is 0.369 e. The molecule has 0 saturated carbocycles. The topological polar surface area (TPSA) is 74.6 Å². The summed E-state index contributed by atoms with van der Waals surface area (Å²) in [5.41, 5.74) is 2.49. The molecule has 170 valence electrons. The predicted octanol–water partition coefficient (Wildman–Crippen LogP) is 3.76. The Morgan fingerprint density at radius 3 is 2.19 bits per heavy atom. The van der Waals surface area contributed by atoms with Crippen LogP contribution in [0, 0.1) is 0 Å². The molecular weight excluding hydrogens is 424 g/mol. The fourth-order valence-corrected chi connectivity index (χ4v) is 5.53. The van der Waals surface area contributed by atoms with E-state index in [0.717, 1.165) is 37.3 Å². The average Bonchev–Trinajstić information content (AvgIpc) is 3.17. The molecule has 7 nitrogen and oxygen atoms in total. The second-order valence-corrected chi connectivity index (χ2v) is 11.0. The average molecular weight is 455 g/mol. The first kappa shape index (κ1) is 22.4. The van der Waals surface area contributed by atoms with Crippen molar-refractivity contribution in [3.63, 3.8) is 0 Å². The van der Waals surface area contributed by atoms with Gasteiger partial charge in [-0.25, -0.2) is 12.4 Å². The van der Waals surface area contributed by atoms with E-state index in [1.165, 1.54) is 23.0 Å². The van der Waals surface area contributed by atoms with Crippen molar-refractivity contribution in [1.82, 2.24) is 8.87 Å². The van der Waals surface area contributed by atoms with Crippen LogP contribution in [0.3, 0.4) is 0 Å². The van der Waals surface area contributed by atoms with Crippen LogP contribution in [0.15, 0.2) is 59.6 Å². The van der Waals surface area contributed by atoms with Crippen LogP contribution < -0.4 is 10.2 Å². The molecule has 2 aromatic carbocycles. The molecule has 1 amide bonds. The van der Waals surface area contributed by atoms with Gasteiger partial charge < -0.3 is 10.2 Å². The van der Waals surface area contributed by atoms with Gasteiger partial charge in [0.25, 0.3) is 10.0 Å². The maximum Gasteiger partial charge on any atom is 0.268 e. The molecule has 1 saturated heterocycles. The van der Waals surface area contributed by atoms with Crippen molar-refractivity contribution in [3.8, 4) is 0 Å². The molecule has 2 heterocycles. The van der Waals surface area contributed by atoms with Crippen LogP contribution in [-0.2, 0) is 14.8 Å². The number of rotatable bonds is 4. The number of carbonyl (C=O) groups excluding carboxylic acids is 1. The minimum absolute atomic E-state index is 0.169. The van der Waals surface area contributed by atoms with Crippen molar-refractivity contribution in [1.29, 1.82) is 0 Å². The van der Waals surface area contributed by atoms with Crippen LogP contribution in [-0.4, -0.2) is 54.9 Å². The summed E-state index contributed by atoms with van der Waals surface area (Å²) in [6, 6.07) is 14.0. The highest BCUT2D eigenvalue weighted by Gasteiger charge is 2.26. The Kier molecular flexibility index (Phi) is 5.77. The lowest BCUT2D eigenvalue weighted by atomic mass is 10.0. The summed E-state index contributed by atoms with van der Waals surface area (Å²) in [5.74, 6) is -0.201. The number of anilines is 2. The normalized spacial score (nSPS) is 15.8. The lowest BCUT2D eigenvalue weighted by molar-refractivity contribution is -0.114. The summed E-state index contributed by atoms with van der Waals surface area (Å²) in [7, 11) is -3.75. The summed E-state index contributed by atoms with van der Waals surface area (Å²) in [6.45, 7) is 12.0. The molecule has 0 radical (unpaired) electrons. The number of nitrogens with zero attached hydrogens (tertiary/aromatic N) is 3. The van der Waals surface area contributed by atoms with Crippen LogP contribution in [0.5, 0.6) is 0 Å². The Balaban J connectivity index is 1.57. The zero-order valence-corrected chi connectivity index (χ0v) is 19.8. The molecule has 1 fully saturated rings. The molecule has 0 atom stereocenters. The second kappa shape index (κ2) is 8.26. The standard InChI is InChI=1S/C24H30N4O3S/c1-18(29)25-20-5-8-22(9-6-20)32(30,31)28-12-11-19-17-21(7-10-23(19)28)26-13-15-27(16-14-26)24(2,3)4/h5-12,17H,13-16H2,1-4H3,(H,25,29). The van der Waals surface area contributed by atoms with Gasteiger partial charge >= 0.3 is 0 Å². The van der Waals surface area contributed by atoms with Crippen molar-refractivity contribution in [2.45, 2.75) is 38.1 Å². The van der Waals surface area contributed by atoms with Crippen LogP contribution in [0.1, 0.15) is 27.7 Å². The number of aromatic nitrogens is 1. The molecule has 32 heavy (non-hydrogen) atoms. The van der Waals surface area contributed by atoms with Gasteiger partial charge in [0.2, 0.25) is 5.91 Å². The highest BCUT2D eigenvalue weighted by atomic mass is 32.2. The van der Waals surface area contributed by atoms with E-state index in [2.05, 4.69) is 42.0 Å². The van der Waals surface area contributed by atoms with E-state index in [9.17, 15) is 13.2 Å². The zero-order valence-electron chi connectivity index (χ0n) is 19.0. The Bertz CT molecular complexity index is 1230. The van der Waals surface area contributed by atoms with E-state index in [1.807, 2.05) is 18.2 Å². The number of hydrogen-bond acceptors (Lipinski definition) is 5. The lowest BCUT2D eigenvalue weighted by Gasteiger charge is -2.43. The number of nitrogens with one attached hydrogen (secondary N) is 1. The third-order valence-electron chi connectivity index (χ3n) is 5.96. The van der Waals surface area contributed by atoms with Gasteiger partial charge in [0.15, 0.2) is 0 Å². The third-order valence-corrected chi connectivity index (χ3v) is 7.67. The summed E-state index contributed by atoms with van der Waals surface area (Å²) in [6.07, 6.45) is 1.60. The van der Waals surface area contributed by atoms with Crippen molar-refractivity contribution < 1.29 is 13.2 Å². The van der Waals surface area contributed by atoms with Gasteiger partial charge in [-0.05, 0) is 69.3 Å². The maximum atomic E-state index is 13.2. The molecule has 0 bridgehead atoms. The SMILES string of the molecule is CC(=O)Nc1ccc(S(=O)(=O)n2ccc3cc(N4CCN(C(C)(C)C)CC4)ccc32)cc1. The van der Waals surface area contributed by atoms with E-state index in [4.69, 9.17) is 0 Å². The first-order chi connectivity index (χ1) is 15.1. The summed E-state index contributed by atoms with van der Waals surface area (Å²) >= 11 is 0. The van der Waals surface area contributed by atoms with E-state index in [-0.39, 0.29) is 16.3 Å². The smallest absolute Gasteiger partial charge is 0.268 e. The van der Waals surface area contributed by atoms with Gasteiger partial charge in [-0.3, -0.25) is 9.69 Å². The summed E-state index contributed by atoms with van der Waals surface area (Å²) in [4.78, 5) is 16.2. The molecule has 8 heteroatoms. The van der Waals surface area contributed by atoms with Crippen LogP contribution in [0.4, 0.5) is 11.4 Å². The van der Waals surface area contributed by atoms with E-state index >= 15 is 0 Å². The molecule has 1 N–H and O–H groups in total. The summed E-state index contributed by atoms with van der Waals surface area (Å²) < 4.78 is 27.8. The lowest BCUT2D eigenvalue weighted by Crippen LogP contribution is -2.53. The number of amides is 1. The van der Waals surface area contributed by atoms with Gasteiger partial charge in [-0.2, -0.15) is 0 Å². The van der Waals surface area contributed by atoms with Crippen molar-refractivity contribution in [2.24, 2.45) is 0 Å². The van der Waals surface area contributed by atoms with Crippen molar-refractivity contribution in [2.75, 3.05) is 36.4 Å². The van der Waals surface area contributed by atoms with Gasteiger partial charge in [0, 0.05) is 61.6 Å². The van der Waals surface area contributed by atoms with Crippen molar-refractivity contribution in [3.05, 3.63) is 54.7 Å². The molecule has 3 aromatic rings. The minimum Gasteiger partial charge on any atom is -0.369 e. The van der Waals surface area contributed by atoms with E-state index < -0.39 is 10.0 Å². The number of carbonyl (C=O) groups is 1. The van der Waals surface area contributed by atoms with E-state index in [0.29, 0.717) is 11.2 Å². The monoisotopic (exact) mass is 454 g/mol. The number of benzene rings is 2. The fourth-order valence-electron chi connectivity index (χ4n) is 4.17. The van der Waals surface area contributed by atoms with Gasteiger partial charge in [0.05, 0.1) is 10.4 Å². The quantitative estimate of drug-likeness (QED) is 0.650. The molecule has 1 aliphatic rings. The molecule has 0 aliphatic carbocycles. The first-order valence-electron chi connectivity index (χ1n) is 10.8. The number of piperazine rings is 1. The van der Waals surface area contributed by atoms with Gasteiger partial charge in [-0.1, -0.05) is 0 Å². The molecule has 0 spiro atoms. The van der Waals surface area contributed by atoms with Gasteiger partial charge in [0.1, 0.15) is 0 Å². The maximum absolute atomic E-state index is 13.2. The van der Waals surface area contributed by atoms with E-state index in [1.54, 1.807) is 18.3 Å². The zero-order chi connectivity index (χ0) is 23.1. The Morgan fingerprint density at radius 2 is 1.59 bits per heavy atom. The highest BCUT2D eigenvalue weighted by molar-refractivity contribution is 7.90. The van der Waals surface area contributed by atoms with Crippen LogP contribution in [0.25, 0.3) is 10.9 Å². The van der Waals surface area contributed by atoms with Crippen LogP contribution >= 0.6 is 0 Å². The second-order valence-electron chi connectivity index (χ2n) is 9.21. The molecular formula is C24H30N4O3S. The number of fused-ring (bicyclic) bond motifs is 1. The molecule has 1 aliphatic heterocycles.